The van der Waals surface area contributed by atoms with E-state index in [4.69, 9.17) is 9.47 Å². The quantitative estimate of drug-likeness (QED) is 0.352. The average molecular weight is 645 g/mol. The van der Waals surface area contributed by atoms with Gasteiger partial charge in [0.25, 0.3) is 0 Å². The van der Waals surface area contributed by atoms with Gasteiger partial charge >= 0.3 is 12.7 Å². The number of nitrogens with zero attached hydrogens (tertiary/aromatic N) is 1. The Balaban J connectivity index is 1.31. The highest BCUT2D eigenvalue weighted by Gasteiger charge is 2.60. The van der Waals surface area contributed by atoms with Crippen LogP contribution < -0.4 is 29.0 Å². The number of aliphatic hydroxyl groups is 2. The first-order valence-corrected chi connectivity index (χ1v) is 14.1. The van der Waals surface area contributed by atoms with Gasteiger partial charge in [-0.15, -0.1) is 22.0 Å². The first-order valence-electron chi connectivity index (χ1n) is 14.1. The monoisotopic (exact) mass is 644 g/mol. The summed E-state index contributed by atoms with van der Waals surface area (Å²) in [7, 11) is 0. The predicted octanol–water partition coefficient (Wildman–Crippen LogP) is 3.16. The summed E-state index contributed by atoms with van der Waals surface area (Å²) in [6.45, 7) is 0.581. The molecule has 1 aliphatic carbocycles. The van der Waals surface area contributed by atoms with Gasteiger partial charge in [0, 0.05) is 42.8 Å². The third-order valence-corrected chi connectivity index (χ3v) is 8.59. The molecule has 1 fully saturated rings. The Bertz CT molecular complexity index is 1510. The molecule has 3 atom stereocenters. The van der Waals surface area contributed by atoms with Gasteiger partial charge in [-0.05, 0) is 38.0 Å². The molecular formula is C29H29F5N2O9. The molecule has 0 aromatic heterocycles. The summed E-state index contributed by atoms with van der Waals surface area (Å²) in [4.78, 5) is 28.8. The van der Waals surface area contributed by atoms with E-state index in [1.165, 1.54) is 23.1 Å². The fourth-order valence-electron chi connectivity index (χ4n) is 6.13. The lowest BCUT2D eigenvalue weighted by Gasteiger charge is -2.39. The van der Waals surface area contributed by atoms with Gasteiger partial charge in [-0.25, -0.2) is 0 Å². The molecular weight excluding hydrogens is 615 g/mol. The minimum absolute atomic E-state index is 0.0351. The van der Waals surface area contributed by atoms with Crippen molar-refractivity contribution in [3.05, 3.63) is 41.5 Å². The molecule has 1 unspecified atom stereocenters. The van der Waals surface area contributed by atoms with Gasteiger partial charge in [-0.1, -0.05) is 0 Å². The van der Waals surface area contributed by atoms with E-state index in [9.17, 15) is 41.8 Å². The van der Waals surface area contributed by atoms with E-state index in [1.54, 1.807) is 6.92 Å². The molecule has 3 N–H and O–H groups in total. The molecule has 45 heavy (non-hydrogen) atoms. The predicted molar refractivity (Wildman–Crippen MR) is 141 cm³/mol. The maximum atomic E-state index is 13.9. The number of amides is 2. The maximum Gasteiger partial charge on any atom is 0.586 e. The van der Waals surface area contributed by atoms with Crippen molar-refractivity contribution in [2.45, 2.75) is 56.4 Å². The standard InChI is InChI=1S/C29H29F5N2O9/c1-26(14-41-20-13-22-21(11-17(20)26)44-29(33,34)45-22)24(39)35-18-12-23(27(4-5-27)25(40)36(6-8-37)7-9-38)42-19-10-15(2-3-16(18)19)43-28(30,31)32/h2-3,10-11,13,18,23,37-38H,4-9,12,14H2,1H3,(H,35,39)/t18-,23-,26?/m1/s1. The number of aliphatic hydroxyl groups excluding tert-OH is 2. The number of halogens is 5. The SMILES string of the molecule is CC1(C(=O)N[C@@H]2C[C@H](C3(C(=O)N(CCO)CCO)CC3)Oc3cc(OC(F)(F)F)ccc32)COc2cc3c(cc21)OC(F)(F)O3. The normalized spacial score (nSPS) is 24.9. The van der Waals surface area contributed by atoms with Crippen LogP contribution in [0.25, 0.3) is 0 Å². The van der Waals surface area contributed by atoms with E-state index in [0.717, 1.165) is 12.1 Å². The summed E-state index contributed by atoms with van der Waals surface area (Å²) in [6.07, 6.45) is -8.98. The summed E-state index contributed by atoms with van der Waals surface area (Å²) in [6, 6.07) is 5.02. The van der Waals surface area contributed by atoms with Crippen LogP contribution in [0.4, 0.5) is 22.0 Å². The Kier molecular flexibility index (Phi) is 7.42. The third-order valence-electron chi connectivity index (χ3n) is 8.59. The third kappa shape index (κ3) is 5.65. The molecule has 2 amide bonds. The summed E-state index contributed by atoms with van der Waals surface area (Å²) < 4.78 is 91.3. The van der Waals surface area contributed by atoms with Crippen LogP contribution in [0.1, 0.15) is 43.4 Å². The van der Waals surface area contributed by atoms with Crippen LogP contribution in [-0.2, 0) is 15.0 Å². The highest BCUT2D eigenvalue weighted by Crippen LogP contribution is 2.56. The number of carbonyl (C=O) groups is 2. The summed E-state index contributed by atoms with van der Waals surface area (Å²) in [5, 5.41) is 21.8. The van der Waals surface area contributed by atoms with Crippen molar-refractivity contribution in [2.75, 3.05) is 32.9 Å². The Morgan fingerprint density at radius 1 is 1.02 bits per heavy atom. The van der Waals surface area contributed by atoms with Crippen molar-refractivity contribution < 1.29 is 65.4 Å². The van der Waals surface area contributed by atoms with Gasteiger partial charge < -0.3 is 44.1 Å². The molecule has 4 aliphatic rings. The highest BCUT2D eigenvalue weighted by atomic mass is 19.4. The number of rotatable bonds is 9. The number of carbonyl (C=O) groups excluding carboxylic acids is 2. The van der Waals surface area contributed by atoms with E-state index in [1.807, 2.05) is 0 Å². The van der Waals surface area contributed by atoms with Crippen molar-refractivity contribution in [3.8, 4) is 28.7 Å². The number of alkyl halides is 5. The molecule has 244 valence electrons. The van der Waals surface area contributed by atoms with E-state index >= 15 is 0 Å². The first-order chi connectivity index (χ1) is 21.2. The van der Waals surface area contributed by atoms with Crippen LogP contribution in [0, 0.1) is 5.41 Å². The smallest absolute Gasteiger partial charge is 0.492 e. The van der Waals surface area contributed by atoms with Gasteiger partial charge in [0.1, 0.15) is 35.4 Å². The number of fused-ring (bicyclic) bond motifs is 3. The molecule has 1 saturated carbocycles. The zero-order valence-electron chi connectivity index (χ0n) is 23.8. The fraction of sp³-hybridized carbons (Fsp3) is 0.517. The molecule has 2 aromatic rings. The zero-order chi connectivity index (χ0) is 32.4. The van der Waals surface area contributed by atoms with E-state index in [0.29, 0.717) is 18.4 Å². The second-order valence-corrected chi connectivity index (χ2v) is 11.6. The summed E-state index contributed by atoms with van der Waals surface area (Å²) >= 11 is 0. The Morgan fingerprint density at radius 2 is 1.69 bits per heavy atom. The number of nitrogens with one attached hydrogen (secondary N) is 1. The van der Waals surface area contributed by atoms with Gasteiger partial charge in [0.05, 0.1) is 24.7 Å². The molecule has 16 heteroatoms. The van der Waals surface area contributed by atoms with E-state index in [2.05, 4.69) is 19.5 Å². The molecule has 3 heterocycles. The van der Waals surface area contributed by atoms with Gasteiger partial charge in [-0.2, -0.15) is 0 Å². The number of hydrogen-bond donors (Lipinski definition) is 3. The van der Waals surface area contributed by atoms with Crippen molar-refractivity contribution >= 4 is 11.8 Å². The lowest BCUT2D eigenvalue weighted by atomic mass is 9.81. The Morgan fingerprint density at radius 3 is 2.31 bits per heavy atom. The van der Waals surface area contributed by atoms with Gasteiger partial charge in [-0.3, -0.25) is 9.59 Å². The van der Waals surface area contributed by atoms with Crippen LogP contribution >= 0.6 is 0 Å². The zero-order valence-corrected chi connectivity index (χ0v) is 23.8. The van der Waals surface area contributed by atoms with E-state index in [-0.39, 0.29) is 67.9 Å². The molecule has 6 rings (SSSR count). The summed E-state index contributed by atoms with van der Waals surface area (Å²) in [5.74, 6) is -1.97. The second-order valence-electron chi connectivity index (χ2n) is 11.6. The molecule has 0 saturated heterocycles. The van der Waals surface area contributed by atoms with Gasteiger partial charge in [0.2, 0.25) is 11.8 Å². The van der Waals surface area contributed by atoms with Crippen LogP contribution in [0.15, 0.2) is 30.3 Å². The Hall–Kier alpha value is -4.05. The van der Waals surface area contributed by atoms with Crippen LogP contribution in [0.2, 0.25) is 0 Å². The first kappa shape index (κ1) is 31.0. The minimum atomic E-state index is -4.98. The fourth-order valence-corrected chi connectivity index (χ4v) is 6.13. The number of benzene rings is 2. The van der Waals surface area contributed by atoms with Crippen molar-refractivity contribution in [1.29, 1.82) is 0 Å². The van der Waals surface area contributed by atoms with Crippen LogP contribution in [-0.4, -0.2) is 78.6 Å². The highest BCUT2D eigenvalue weighted by molar-refractivity contribution is 5.91. The lowest BCUT2D eigenvalue weighted by molar-refractivity contribution is -0.286. The van der Waals surface area contributed by atoms with Gasteiger partial charge in [0.15, 0.2) is 11.5 Å². The second kappa shape index (κ2) is 10.8. The summed E-state index contributed by atoms with van der Waals surface area (Å²) in [5.41, 5.74) is -1.92. The van der Waals surface area contributed by atoms with Crippen LogP contribution in [0.3, 0.4) is 0 Å². The maximum absolute atomic E-state index is 13.9. The molecule has 0 spiro atoms. The number of hydrogen-bond acceptors (Lipinski definition) is 9. The molecule has 0 radical (unpaired) electrons. The van der Waals surface area contributed by atoms with Crippen molar-refractivity contribution in [2.24, 2.45) is 5.41 Å². The molecule has 3 aliphatic heterocycles. The molecule has 11 nitrogen and oxygen atoms in total. The minimum Gasteiger partial charge on any atom is -0.492 e. The lowest BCUT2D eigenvalue weighted by Crippen LogP contribution is -2.51. The molecule has 2 aromatic carbocycles. The topological polar surface area (TPSA) is 136 Å². The molecule has 0 bridgehead atoms. The van der Waals surface area contributed by atoms with Crippen LogP contribution in [0.5, 0.6) is 28.7 Å². The average Bonchev–Trinajstić information content (AvgIpc) is 3.62. The van der Waals surface area contributed by atoms with Crippen molar-refractivity contribution in [3.63, 3.8) is 0 Å². The Labute approximate surface area is 252 Å². The van der Waals surface area contributed by atoms with E-state index < -0.39 is 53.2 Å². The largest absolute Gasteiger partial charge is 0.586 e. The van der Waals surface area contributed by atoms with Crippen molar-refractivity contribution in [1.82, 2.24) is 10.2 Å². The number of ether oxygens (including phenoxy) is 5.